The Hall–Kier alpha value is -2.71. The Morgan fingerprint density at radius 3 is 2.52 bits per heavy atom. The molecule has 3 rings (SSSR count). The number of esters is 1. The molecule has 29 heavy (non-hydrogen) atoms. The molecule has 0 aliphatic carbocycles. The molecule has 2 aromatic carbocycles. The van der Waals surface area contributed by atoms with E-state index in [0.29, 0.717) is 24.3 Å². The van der Waals surface area contributed by atoms with Gasteiger partial charge in [0.2, 0.25) is 0 Å². The summed E-state index contributed by atoms with van der Waals surface area (Å²) in [5.41, 5.74) is 1.72. The molecule has 0 radical (unpaired) electrons. The standard InChI is InChI=1S/C21H23NO6S/c1-27-13-16-6-5-7-17(12-16)21(24)28-14-20(23)22(18-8-3-2-4-9-18)19-10-11-29(25,26)15-19/h2-9,12,19H,10-11,13-15H2,1H3/t19-/m0/s1. The monoisotopic (exact) mass is 417 g/mol. The van der Waals surface area contributed by atoms with Crippen LogP contribution in [0.5, 0.6) is 0 Å². The van der Waals surface area contributed by atoms with E-state index in [4.69, 9.17) is 9.47 Å². The van der Waals surface area contributed by atoms with E-state index < -0.39 is 34.4 Å². The van der Waals surface area contributed by atoms with Gasteiger partial charge in [-0.15, -0.1) is 0 Å². The molecule has 0 spiro atoms. The van der Waals surface area contributed by atoms with E-state index in [1.807, 2.05) is 12.1 Å². The zero-order valence-corrected chi connectivity index (χ0v) is 16.9. The van der Waals surface area contributed by atoms with Gasteiger partial charge in [0.15, 0.2) is 16.4 Å². The summed E-state index contributed by atoms with van der Waals surface area (Å²) in [6, 6.07) is 15.1. The number of methoxy groups -OCH3 is 1. The summed E-state index contributed by atoms with van der Waals surface area (Å²) in [4.78, 5) is 26.7. The highest BCUT2D eigenvalue weighted by atomic mass is 32.2. The molecule has 0 aromatic heterocycles. The number of carbonyl (C=O) groups excluding carboxylic acids is 2. The molecule has 8 heteroatoms. The summed E-state index contributed by atoms with van der Waals surface area (Å²) >= 11 is 0. The number of hydrogen-bond acceptors (Lipinski definition) is 6. The average Bonchev–Trinajstić information content (AvgIpc) is 3.07. The van der Waals surface area contributed by atoms with Gasteiger partial charge < -0.3 is 14.4 Å². The highest BCUT2D eigenvalue weighted by molar-refractivity contribution is 7.91. The number of nitrogens with zero attached hydrogens (tertiary/aromatic N) is 1. The summed E-state index contributed by atoms with van der Waals surface area (Å²) in [6.45, 7) is -0.114. The molecule has 7 nitrogen and oxygen atoms in total. The van der Waals surface area contributed by atoms with Gasteiger partial charge in [-0.2, -0.15) is 0 Å². The van der Waals surface area contributed by atoms with Crippen molar-refractivity contribution in [2.45, 2.75) is 19.1 Å². The molecular formula is C21H23NO6S. The SMILES string of the molecule is COCc1cccc(C(=O)OCC(=O)N(c2ccccc2)[C@H]2CCS(=O)(=O)C2)c1. The van der Waals surface area contributed by atoms with Crippen molar-refractivity contribution in [1.82, 2.24) is 0 Å². The first-order chi connectivity index (χ1) is 13.9. The summed E-state index contributed by atoms with van der Waals surface area (Å²) in [7, 11) is -1.62. The van der Waals surface area contributed by atoms with E-state index >= 15 is 0 Å². The molecule has 0 bridgehead atoms. The highest BCUT2D eigenvalue weighted by Crippen LogP contribution is 2.24. The molecule has 1 aliphatic rings. The number of ether oxygens (including phenoxy) is 2. The smallest absolute Gasteiger partial charge is 0.338 e. The second-order valence-corrected chi connectivity index (χ2v) is 9.09. The molecule has 1 atom stereocenters. The van der Waals surface area contributed by atoms with Gasteiger partial charge in [-0.3, -0.25) is 4.79 Å². The third-order valence-corrected chi connectivity index (χ3v) is 6.43. The van der Waals surface area contributed by atoms with Crippen LogP contribution in [-0.2, 0) is 30.7 Å². The van der Waals surface area contributed by atoms with Crippen molar-refractivity contribution in [2.75, 3.05) is 30.1 Å². The van der Waals surface area contributed by atoms with Gasteiger partial charge in [0.25, 0.3) is 5.91 Å². The number of amides is 1. The number of benzene rings is 2. The molecular weight excluding hydrogens is 394 g/mol. The first-order valence-corrected chi connectivity index (χ1v) is 11.0. The van der Waals surface area contributed by atoms with Gasteiger partial charge in [0.05, 0.1) is 29.7 Å². The van der Waals surface area contributed by atoms with E-state index in [-0.39, 0.29) is 11.5 Å². The van der Waals surface area contributed by atoms with Crippen molar-refractivity contribution >= 4 is 27.4 Å². The lowest BCUT2D eigenvalue weighted by atomic mass is 10.1. The summed E-state index contributed by atoms with van der Waals surface area (Å²) in [5.74, 6) is -1.14. The fraction of sp³-hybridized carbons (Fsp3) is 0.333. The Bertz CT molecular complexity index is 974. The Labute approximate surface area is 170 Å². The molecule has 1 fully saturated rings. The van der Waals surface area contributed by atoms with Crippen LogP contribution in [0.25, 0.3) is 0 Å². The van der Waals surface area contributed by atoms with Crippen molar-refractivity contribution < 1.29 is 27.5 Å². The largest absolute Gasteiger partial charge is 0.452 e. The predicted octanol–water partition coefficient (Wildman–Crippen LogP) is 2.21. The topological polar surface area (TPSA) is 90.0 Å². The summed E-state index contributed by atoms with van der Waals surface area (Å²) in [5, 5.41) is 0. The second kappa shape index (κ2) is 9.19. The van der Waals surface area contributed by atoms with Crippen molar-refractivity contribution in [2.24, 2.45) is 0 Å². The number of hydrogen-bond donors (Lipinski definition) is 0. The van der Waals surface area contributed by atoms with Crippen LogP contribution in [0.2, 0.25) is 0 Å². The lowest BCUT2D eigenvalue weighted by molar-refractivity contribution is -0.122. The average molecular weight is 417 g/mol. The molecule has 0 unspecified atom stereocenters. The van der Waals surface area contributed by atoms with Crippen LogP contribution in [0.4, 0.5) is 5.69 Å². The lowest BCUT2D eigenvalue weighted by Gasteiger charge is -2.28. The minimum absolute atomic E-state index is 0.0420. The van der Waals surface area contributed by atoms with Crippen LogP contribution in [0.15, 0.2) is 54.6 Å². The third-order valence-electron chi connectivity index (χ3n) is 4.68. The van der Waals surface area contributed by atoms with Crippen LogP contribution < -0.4 is 4.90 Å². The maximum absolute atomic E-state index is 12.9. The highest BCUT2D eigenvalue weighted by Gasteiger charge is 2.35. The molecule has 0 N–H and O–H groups in total. The van der Waals surface area contributed by atoms with Gasteiger partial charge >= 0.3 is 5.97 Å². The van der Waals surface area contributed by atoms with Gasteiger partial charge in [-0.1, -0.05) is 30.3 Å². The zero-order valence-electron chi connectivity index (χ0n) is 16.1. The Balaban J connectivity index is 1.72. The van der Waals surface area contributed by atoms with Gasteiger partial charge in [0, 0.05) is 12.8 Å². The van der Waals surface area contributed by atoms with E-state index in [0.717, 1.165) is 5.56 Å². The van der Waals surface area contributed by atoms with Gasteiger partial charge in [-0.25, -0.2) is 13.2 Å². The Morgan fingerprint density at radius 1 is 1.10 bits per heavy atom. The van der Waals surface area contributed by atoms with Crippen LogP contribution in [0, 0.1) is 0 Å². The number of rotatable bonds is 7. The third kappa shape index (κ3) is 5.42. The van der Waals surface area contributed by atoms with E-state index in [9.17, 15) is 18.0 Å². The number of para-hydroxylation sites is 1. The molecule has 1 amide bonds. The van der Waals surface area contributed by atoms with Crippen molar-refractivity contribution in [3.8, 4) is 0 Å². The van der Waals surface area contributed by atoms with Crippen molar-refractivity contribution in [1.29, 1.82) is 0 Å². The van der Waals surface area contributed by atoms with E-state index in [1.165, 1.54) is 4.90 Å². The van der Waals surface area contributed by atoms with Crippen LogP contribution in [0.3, 0.4) is 0 Å². The van der Waals surface area contributed by atoms with Gasteiger partial charge in [0.1, 0.15) is 0 Å². The van der Waals surface area contributed by atoms with Crippen LogP contribution in [-0.4, -0.2) is 51.6 Å². The zero-order chi connectivity index (χ0) is 20.9. The van der Waals surface area contributed by atoms with Gasteiger partial charge in [-0.05, 0) is 36.2 Å². The second-order valence-electron chi connectivity index (χ2n) is 6.87. The lowest BCUT2D eigenvalue weighted by Crippen LogP contribution is -2.43. The minimum atomic E-state index is -3.18. The first kappa shape index (κ1) is 21.0. The van der Waals surface area contributed by atoms with Crippen molar-refractivity contribution in [3.63, 3.8) is 0 Å². The summed E-state index contributed by atoms with van der Waals surface area (Å²) < 4.78 is 34.1. The fourth-order valence-electron chi connectivity index (χ4n) is 3.36. The fourth-order valence-corrected chi connectivity index (χ4v) is 5.06. The minimum Gasteiger partial charge on any atom is -0.452 e. The van der Waals surface area contributed by atoms with Crippen LogP contribution in [0.1, 0.15) is 22.3 Å². The maximum atomic E-state index is 12.9. The maximum Gasteiger partial charge on any atom is 0.338 e. The molecule has 1 aliphatic heterocycles. The predicted molar refractivity (Wildman–Crippen MR) is 108 cm³/mol. The molecule has 2 aromatic rings. The Morgan fingerprint density at radius 2 is 1.86 bits per heavy atom. The normalized spacial score (nSPS) is 17.6. The van der Waals surface area contributed by atoms with Crippen LogP contribution >= 0.6 is 0 Å². The van der Waals surface area contributed by atoms with E-state index in [2.05, 4.69) is 0 Å². The number of carbonyl (C=O) groups is 2. The molecule has 154 valence electrons. The number of anilines is 1. The van der Waals surface area contributed by atoms with E-state index in [1.54, 1.807) is 49.6 Å². The number of sulfone groups is 1. The van der Waals surface area contributed by atoms with Crippen molar-refractivity contribution in [3.05, 3.63) is 65.7 Å². The summed E-state index contributed by atoms with van der Waals surface area (Å²) in [6.07, 6.45) is 0.357. The molecule has 1 heterocycles. The molecule has 0 saturated carbocycles. The quantitative estimate of drug-likeness (QED) is 0.642. The first-order valence-electron chi connectivity index (χ1n) is 9.22. The molecule has 1 saturated heterocycles. The Kier molecular flexibility index (Phi) is 6.66.